The Balaban J connectivity index is 2.44. The minimum atomic E-state index is 0.592. The van der Waals surface area contributed by atoms with Gasteiger partial charge in [0.2, 0.25) is 0 Å². The first-order valence-electron chi connectivity index (χ1n) is 6.45. The molecule has 1 aliphatic heterocycles. The number of hydrogen-bond acceptors (Lipinski definition) is 1. The van der Waals surface area contributed by atoms with Gasteiger partial charge in [-0.05, 0) is 43.7 Å². The molecule has 88 valence electrons. The minimum absolute atomic E-state index is 0.592. The van der Waals surface area contributed by atoms with Gasteiger partial charge < -0.3 is 4.90 Å². The molecule has 0 bridgehead atoms. The van der Waals surface area contributed by atoms with Crippen LogP contribution in [0.15, 0.2) is 24.3 Å². The van der Waals surface area contributed by atoms with Gasteiger partial charge in [0.1, 0.15) is 0 Å². The molecule has 1 aromatic rings. The molecule has 0 saturated heterocycles. The number of fused-ring (bicyclic) bond motifs is 1. The molecule has 0 aromatic heterocycles. The first-order valence-corrected chi connectivity index (χ1v) is 6.45. The molecular formula is C15H23N. The number of rotatable bonds is 1. The quantitative estimate of drug-likeness (QED) is 0.686. The first-order chi connectivity index (χ1) is 7.59. The van der Waals surface area contributed by atoms with E-state index in [0.717, 1.165) is 5.92 Å². The second-order valence-electron chi connectivity index (χ2n) is 5.55. The SMILES string of the molecule is CC1CC(C)c2ccccc2N(C(C)C)C1. The van der Waals surface area contributed by atoms with E-state index in [1.807, 2.05) is 0 Å². The summed E-state index contributed by atoms with van der Waals surface area (Å²) in [6, 6.07) is 9.51. The molecule has 0 saturated carbocycles. The summed E-state index contributed by atoms with van der Waals surface area (Å²) in [5.41, 5.74) is 2.98. The topological polar surface area (TPSA) is 3.24 Å². The molecule has 16 heavy (non-hydrogen) atoms. The lowest BCUT2D eigenvalue weighted by Crippen LogP contribution is -2.34. The van der Waals surface area contributed by atoms with Gasteiger partial charge in [-0.3, -0.25) is 0 Å². The van der Waals surface area contributed by atoms with Crippen LogP contribution < -0.4 is 4.90 Å². The van der Waals surface area contributed by atoms with Crippen molar-refractivity contribution in [3.05, 3.63) is 29.8 Å². The molecular weight excluding hydrogens is 194 g/mol. The molecule has 1 nitrogen and oxygen atoms in total. The van der Waals surface area contributed by atoms with E-state index < -0.39 is 0 Å². The van der Waals surface area contributed by atoms with E-state index >= 15 is 0 Å². The minimum Gasteiger partial charge on any atom is -0.369 e. The highest BCUT2D eigenvalue weighted by atomic mass is 15.2. The Morgan fingerprint density at radius 2 is 1.88 bits per heavy atom. The van der Waals surface area contributed by atoms with Gasteiger partial charge in [-0.15, -0.1) is 0 Å². The third-order valence-electron chi connectivity index (χ3n) is 3.66. The number of anilines is 1. The predicted molar refractivity (Wildman–Crippen MR) is 71.1 cm³/mol. The summed E-state index contributed by atoms with van der Waals surface area (Å²) < 4.78 is 0. The van der Waals surface area contributed by atoms with Crippen molar-refractivity contribution in [2.75, 3.05) is 11.4 Å². The molecule has 0 spiro atoms. The van der Waals surface area contributed by atoms with Crippen molar-refractivity contribution in [2.24, 2.45) is 5.92 Å². The van der Waals surface area contributed by atoms with E-state index in [-0.39, 0.29) is 0 Å². The van der Waals surface area contributed by atoms with E-state index in [1.165, 1.54) is 24.2 Å². The van der Waals surface area contributed by atoms with Gasteiger partial charge in [-0.1, -0.05) is 32.0 Å². The van der Waals surface area contributed by atoms with E-state index in [2.05, 4.69) is 56.9 Å². The fraction of sp³-hybridized carbons (Fsp3) is 0.600. The number of para-hydroxylation sites is 1. The molecule has 0 aliphatic carbocycles. The van der Waals surface area contributed by atoms with Gasteiger partial charge >= 0.3 is 0 Å². The maximum Gasteiger partial charge on any atom is 0.0403 e. The standard InChI is InChI=1S/C15H23N/c1-11(2)16-10-12(3)9-13(4)14-7-5-6-8-15(14)16/h5-8,11-13H,9-10H2,1-4H3. The van der Waals surface area contributed by atoms with Crippen molar-refractivity contribution >= 4 is 5.69 Å². The van der Waals surface area contributed by atoms with Gasteiger partial charge in [0.05, 0.1) is 0 Å². The van der Waals surface area contributed by atoms with E-state index in [0.29, 0.717) is 12.0 Å². The Kier molecular flexibility index (Phi) is 3.22. The van der Waals surface area contributed by atoms with Crippen molar-refractivity contribution < 1.29 is 0 Å². The largest absolute Gasteiger partial charge is 0.369 e. The van der Waals surface area contributed by atoms with Gasteiger partial charge in [-0.25, -0.2) is 0 Å². The molecule has 0 N–H and O–H groups in total. The highest BCUT2D eigenvalue weighted by molar-refractivity contribution is 5.56. The molecule has 2 atom stereocenters. The predicted octanol–water partition coefficient (Wildman–Crippen LogP) is 4.04. The summed E-state index contributed by atoms with van der Waals surface area (Å²) in [5.74, 6) is 1.47. The van der Waals surface area contributed by atoms with E-state index in [4.69, 9.17) is 0 Å². The van der Waals surface area contributed by atoms with Crippen LogP contribution in [0.4, 0.5) is 5.69 Å². The normalized spacial score (nSPS) is 25.4. The zero-order valence-electron chi connectivity index (χ0n) is 10.9. The van der Waals surface area contributed by atoms with Crippen LogP contribution in [0.25, 0.3) is 0 Å². The molecule has 1 heterocycles. The second-order valence-corrected chi connectivity index (χ2v) is 5.55. The highest BCUT2D eigenvalue weighted by Crippen LogP contribution is 2.36. The molecule has 2 rings (SSSR count). The van der Waals surface area contributed by atoms with Crippen molar-refractivity contribution in [2.45, 2.75) is 46.1 Å². The lowest BCUT2D eigenvalue weighted by atomic mass is 9.92. The van der Waals surface area contributed by atoms with Crippen LogP contribution in [-0.4, -0.2) is 12.6 Å². The molecule has 1 aliphatic rings. The fourth-order valence-electron chi connectivity index (χ4n) is 2.89. The van der Waals surface area contributed by atoms with E-state index in [1.54, 1.807) is 0 Å². The summed E-state index contributed by atoms with van der Waals surface area (Å²) in [7, 11) is 0. The summed E-state index contributed by atoms with van der Waals surface area (Å²) >= 11 is 0. The molecule has 1 aromatic carbocycles. The third-order valence-corrected chi connectivity index (χ3v) is 3.66. The molecule has 0 fully saturated rings. The summed E-state index contributed by atoms with van der Waals surface area (Å²) in [6.45, 7) is 10.5. The molecule has 0 amide bonds. The van der Waals surface area contributed by atoms with Crippen LogP contribution in [0.1, 0.15) is 45.6 Å². The van der Waals surface area contributed by atoms with Crippen molar-refractivity contribution in [1.82, 2.24) is 0 Å². The zero-order valence-corrected chi connectivity index (χ0v) is 10.9. The average molecular weight is 217 g/mol. The van der Waals surface area contributed by atoms with Crippen molar-refractivity contribution in [3.8, 4) is 0 Å². The summed E-state index contributed by atoms with van der Waals surface area (Å²) in [6.07, 6.45) is 1.31. The van der Waals surface area contributed by atoms with Gasteiger partial charge in [0.15, 0.2) is 0 Å². The second kappa shape index (κ2) is 4.48. The Hall–Kier alpha value is -0.980. The molecule has 0 radical (unpaired) electrons. The highest BCUT2D eigenvalue weighted by Gasteiger charge is 2.24. The maximum atomic E-state index is 2.56. The Bertz CT molecular complexity index is 356. The van der Waals surface area contributed by atoms with Crippen molar-refractivity contribution in [1.29, 1.82) is 0 Å². The Labute approximate surface area is 99.5 Å². The number of hydrogen-bond donors (Lipinski definition) is 0. The molecule has 1 heteroatoms. The van der Waals surface area contributed by atoms with Crippen LogP contribution in [0.5, 0.6) is 0 Å². The fourth-order valence-corrected chi connectivity index (χ4v) is 2.89. The average Bonchev–Trinajstić information content (AvgIpc) is 2.37. The lowest BCUT2D eigenvalue weighted by molar-refractivity contribution is 0.483. The van der Waals surface area contributed by atoms with Gasteiger partial charge in [0, 0.05) is 18.3 Å². The summed E-state index contributed by atoms with van der Waals surface area (Å²) in [4.78, 5) is 2.56. The van der Waals surface area contributed by atoms with Crippen LogP contribution in [0.3, 0.4) is 0 Å². The van der Waals surface area contributed by atoms with Crippen LogP contribution in [0.2, 0.25) is 0 Å². The number of nitrogens with zero attached hydrogens (tertiary/aromatic N) is 1. The smallest absolute Gasteiger partial charge is 0.0403 e. The van der Waals surface area contributed by atoms with Crippen LogP contribution >= 0.6 is 0 Å². The Morgan fingerprint density at radius 3 is 2.56 bits per heavy atom. The first kappa shape index (κ1) is 11.5. The van der Waals surface area contributed by atoms with Gasteiger partial charge in [0.25, 0.3) is 0 Å². The van der Waals surface area contributed by atoms with Crippen LogP contribution in [0, 0.1) is 5.92 Å². The zero-order chi connectivity index (χ0) is 11.7. The third kappa shape index (κ3) is 2.09. The van der Waals surface area contributed by atoms with Crippen LogP contribution in [-0.2, 0) is 0 Å². The maximum absolute atomic E-state index is 2.56. The lowest BCUT2D eigenvalue weighted by Gasteiger charge is -2.30. The Morgan fingerprint density at radius 1 is 1.19 bits per heavy atom. The van der Waals surface area contributed by atoms with Gasteiger partial charge in [-0.2, -0.15) is 0 Å². The summed E-state index contributed by atoms with van der Waals surface area (Å²) in [5, 5.41) is 0. The molecule has 2 unspecified atom stereocenters. The monoisotopic (exact) mass is 217 g/mol. The van der Waals surface area contributed by atoms with Crippen molar-refractivity contribution in [3.63, 3.8) is 0 Å². The van der Waals surface area contributed by atoms with E-state index in [9.17, 15) is 0 Å². The number of benzene rings is 1.